The lowest BCUT2D eigenvalue weighted by molar-refractivity contribution is -0.144. The van der Waals surface area contributed by atoms with Crippen LogP contribution in [0.2, 0.25) is 0 Å². The summed E-state index contributed by atoms with van der Waals surface area (Å²) in [6.45, 7) is -0.590. The van der Waals surface area contributed by atoms with Gasteiger partial charge >= 0.3 is 5.97 Å². The molecule has 3 aromatic rings. The Balaban J connectivity index is 1.49. The van der Waals surface area contributed by atoms with E-state index in [1.165, 1.54) is 31.4 Å². The second-order valence-electron chi connectivity index (χ2n) is 5.56. The predicted octanol–water partition coefficient (Wildman–Crippen LogP) is 2.36. The number of nitrogens with zero attached hydrogens (tertiary/aromatic N) is 2. The molecule has 0 radical (unpaired) electrons. The Morgan fingerprint density at radius 1 is 1.14 bits per heavy atom. The van der Waals surface area contributed by atoms with E-state index in [9.17, 15) is 14.0 Å². The van der Waals surface area contributed by atoms with E-state index < -0.39 is 11.9 Å². The molecule has 1 amide bonds. The van der Waals surface area contributed by atoms with Gasteiger partial charge in [-0.05, 0) is 36.4 Å². The van der Waals surface area contributed by atoms with E-state index in [2.05, 4.69) is 15.5 Å². The number of ether oxygens (including phenoxy) is 2. The van der Waals surface area contributed by atoms with Gasteiger partial charge in [0.2, 0.25) is 5.82 Å². The van der Waals surface area contributed by atoms with Crippen LogP contribution in [0.15, 0.2) is 53.1 Å². The lowest BCUT2D eigenvalue weighted by Crippen LogP contribution is -2.30. The Hall–Kier alpha value is -3.75. The number of nitrogens with one attached hydrogen (secondary N) is 1. The smallest absolute Gasteiger partial charge is 0.325 e. The summed E-state index contributed by atoms with van der Waals surface area (Å²) >= 11 is 0. The average Bonchev–Trinajstić information content (AvgIpc) is 3.20. The molecule has 3 rings (SSSR count). The molecule has 0 bridgehead atoms. The molecule has 0 spiro atoms. The first-order chi connectivity index (χ1) is 13.6. The van der Waals surface area contributed by atoms with Crippen LogP contribution in [-0.2, 0) is 16.1 Å². The van der Waals surface area contributed by atoms with Gasteiger partial charge in [0.05, 0.1) is 12.7 Å². The van der Waals surface area contributed by atoms with Crippen molar-refractivity contribution in [1.29, 1.82) is 0 Å². The van der Waals surface area contributed by atoms with Crippen LogP contribution in [0.4, 0.5) is 4.39 Å². The third-order valence-corrected chi connectivity index (χ3v) is 3.67. The van der Waals surface area contributed by atoms with E-state index in [-0.39, 0.29) is 30.7 Å². The highest BCUT2D eigenvalue weighted by Gasteiger charge is 2.15. The van der Waals surface area contributed by atoms with E-state index in [1.807, 2.05) is 0 Å². The number of benzene rings is 2. The fourth-order valence-corrected chi connectivity index (χ4v) is 2.30. The van der Waals surface area contributed by atoms with Crippen molar-refractivity contribution >= 4 is 11.9 Å². The van der Waals surface area contributed by atoms with Crippen LogP contribution in [0.1, 0.15) is 16.2 Å². The number of carbonyl (C=O) groups is 2. The van der Waals surface area contributed by atoms with Gasteiger partial charge in [-0.25, -0.2) is 4.39 Å². The van der Waals surface area contributed by atoms with Gasteiger partial charge in [0.25, 0.3) is 11.8 Å². The fraction of sp³-hybridized carbons (Fsp3) is 0.158. The maximum absolute atomic E-state index is 12.9. The van der Waals surface area contributed by atoms with Gasteiger partial charge in [-0.1, -0.05) is 17.3 Å². The number of amides is 1. The van der Waals surface area contributed by atoms with E-state index in [0.29, 0.717) is 16.9 Å². The van der Waals surface area contributed by atoms with Crippen molar-refractivity contribution in [1.82, 2.24) is 15.5 Å². The number of aromatic nitrogens is 2. The molecule has 0 atom stereocenters. The van der Waals surface area contributed by atoms with Crippen LogP contribution < -0.4 is 10.1 Å². The van der Waals surface area contributed by atoms with Crippen molar-refractivity contribution in [2.45, 2.75) is 6.61 Å². The first-order valence-electron chi connectivity index (χ1n) is 8.22. The molecule has 0 unspecified atom stereocenters. The van der Waals surface area contributed by atoms with Crippen LogP contribution in [0.25, 0.3) is 11.4 Å². The number of para-hydroxylation sites is 1. The van der Waals surface area contributed by atoms with Crippen molar-refractivity contribution in [3.05, 3.63) is 65.8 Å². The zero-order valence-corrected chi connectivity index (χ0v) is 14.8. The number of esters is 1. The van der Waals surface area contributed by atoms with E-state index in [1.54, 1.807) is 24.3 Å². The minimum absolute atomic E-state index is 0.0729. The number of methoxy groups -OCH3 is 1. The van der Waals surface area contributed by atoms with Gasteiger partial charge < -0.3 is 19.3 Å². The Labute approximate surface area is 159 Å². The van der Waals surface area contributed by atoms with Crippen molar-refractivity contribution < 1.29 is 28.0 Å². The van der Waals surface area contributed by atoms with Gasteiger partial charge in [0.15, 0.2) is 6.61 Å². The van der Waals surface area contributed by atoms with Gasteiger partial charge in [0, 0.05) is 5.56 Å². The Kier molecular flexibility index (Phi) is 5.95. The van der Waals surface area contributed by atoms with E-state index in [0.717, 1.165) is 0 Å². The molecule has 1 N–H and O–H groups in total. The van der Waals surface area contributed by atoms with Crippen LogP contribution in [0, 0.1) is 5.82 Å². The zero-order valence-electron chi connectivity index (χ0n) is 14.8. The molecular weight excluding hydrogens is 369 g/mol. The molecule has 0 saturated carbocycles. The second kappa shape index (κ2) is 8.76. The summed E-state index contributed by atoms with van der Waals surface area (Å²) in [6.07, 6.45) is 0. The number of halogens is 1. The van der Waals surface area contributed by atoms with Gasteiger partial charge in [-0.2, -0.15) is 4.98 Å². The summed E-state index contributed by atoms with van der Waals surface area (Å²) in [4.78, 5) is 28.0. The summed E-state index contributed by atoms with van der Waals surface area (Å²) in [6, 6.07) is 12.2. The normalized spacial score (nSPS) is 10.4. The predicted molar refractivity (Wildman–Crippen MR) is 94.8 cm³/mol. The minimum atomic E-state index is -0.676. The molecule has 0 aliphatic carbocycles. The molecule has 2 aromatic carbocycles. The topological polar surface area (TPSA) is 104 Å². The second-order valence-corrected chi connectivity index (χ2v) is 5.56. The first-order valence-corrected chi connectivity index (χ1v) is 8.22. The molecule has 144 valence electrons. The van der Waals surface area contributed by atoms with Gasteiger partial charge in [-0.15, -0.1) is 0 Å². The maximum Gasteiger partial charge on any atom is 0.325 e. The Morgan fingerprint density at radius 2 is 1.89 bits per heavy atom. The highest BCUT2D eigenvalue weighted by Crippen LogP contribution is 2.17. The molecular formula is C19H16FN3O5. The van der Waals surface area contributed by atoms with Crippen LogP contribution in [0.5, 0.6) is 5.75 Å². The third-order valence-electron chi connectivity index (χ3n) is 3.67. The largest absolute Gasteiger partial charge is 0.496 e. The van der Waals surface area contributed by atoms with E-state index >= 15 is 0 Å². The Bertz CT molecular complexity index is 972. The van der Waals surface area contributed by atoms with Crippen molar-refractivity contribution in [2.75, 3.05) is 13.7 Å². The van der Waals surface area contributed by atoms with Crippen LogP contribution >= 0.6 is 0 Å². The highest BCUT2D eigenvalue weighted by atomic mass is 19.1. The molecule has 0 fully saturated rings. The monoisotopic (exact) mass is 385 g/mol. The van der Waals surface area contributed by atoms with Gasteiger partial charge in [0.1, 0.15) is 18.1 Å². The SMILES string of the molecule is COc1ccccc1C(=O)NCC(=O)OCc1nc(-c2ccc(F)cc2)no1. The molecule has 0 aliphatic rings. The maximum atomic E-state index is 12.9. The van der Waals surface area contributed by atoms with Crippen LogP contribution in [-0.4, -0.2) is 35.7 Å². The summed E-state index contributed by atoms with van der Waals surface area (Å²) in [5, 5.41) is 6.19. The van der Waals surface area contributed by atoms with Crippen molar-refractivity contribution in [3.8, 4) is 17.1 Å². The molecule has 1 heterocycles. The highest BCUT2D eigenvalue weighted by molar-refractivity contribution is 5.98. The van der Waals surface area contributed by atoms with Crippen LogP contribution in [0.3, 0.4) is 0 Å². The molecule has 0 aliphatic heterocycles. The average molecular weight is 385 g/mol. The summed E-state index contributed by atoms with van der Waals surface area (Å²) in [7, 11) is 1.45. The Morgan fingerprint density at radius 3 is 2.64 bits per heavy atom. The standard InChI is InChI=1S/C19H16FN3O5/c1-26-15-5-3-2-4-14(15)19(25)21-10-17(24)27-11-16-22-18(23-28-16)12-6-8-13(20)9-7-12/h2-9H,10-11H2,1H3,(H,21,25). The number of hydrogen-bond donors (Lipinski definition) is 1. The van der Waals surface area contributed by atoms with Crippen molar-refractivity contribution in [3.63, 3.8) is 0 Å². The summed E-state index contributed by atoms with van der Waals surface area (Å²) in [5.74, 6) is -0.807. The first kappa shape index (κ1) is 19.0. The molecule has 28 heavy (non-hydrogen) atoms. The number of rotatable bonds is 7. The quantitative estimate of drug-likeness (QED) is 0.623. The van der Waals surface area contributed by atoms with E-state index in [4.69, 9.17) is 14.0 Å². The number of hydrogen-bond acceptors (Lipinski definition) is 7. The summed E-state index contributed by atoms with van der Waals surface area (Å²) < 4.78 is 28.0. The lowest BCUT2D eigenvalue weighted by Gasteiger charge is -2.08. The number of carbonyl (C=O) groups excluding carboxylic acids is 2. The lowest BCUT2D eigenvalue weighted by atomic mass is 10.2. The minimum Gasteiger partial charge on any atom is -0.496 e. The van der Waals surface area contributed by atoms with Gasteiger partial charge in [-0.3, -0.25) is 9.59 Å². The zero-order chi connectivity index (χ0) is 19.9. The molecule has 1 aromatic heterocycles. The third kappa shape index (κ3) is 4.70. The van der Waals surface area contributed by atoms with Crippen molar-refractivity contribution in [2.24, 2.45) is 0 Å². The fourth-order valence-electron chi connectivity index (χ4n) is 2.30. The molecule has 9 heteroatoms. The molecule has 8 nitrogen and oxygen atoms in total. The summed E-state index contributed by atoms with van der Waals surface area (Å²) in [5.41, 5.74) is 0.866. The molecule has 0 saturated heterocycles.